The molecule has 0 bridgehead atoms. The fraction of sp³-hybridized carbons (Fsp3) is 0.368. The Bertz CT molecular complexity index is 1860. The number of rotatable bonds is 6. The van der Waals surface area contributed by atoms with E-state index < -0.39 is 29.9 Å². The molecule has 1 saturated heterocycles. The van der Waals surface area contributed by atoms with Crippen LogP contribution >= 0.6 is 0 Å². The molecule has 4 N–H and O–H groups in total. The molecule has 3 atom stereocenters. The molecule has 2 aliphatic heterocycles. The number of H-pyrrole nitrogens is 1. The standard InChI is InChI=1S/C38H44N6O6/c1-24-17-33-34(50-16-15-49-33)20-28(24)22-44-14-13-39-37(47)31(18-26-9-5-4-6-10-26)42-36(46)25(2)43(3)38(48)32(41-35(45)23-44)19-27-21-40-30-12-8-7-11-29(27)30/h4-12,17,20-21,25,31-32,40H,13-16,18-19,22-23H2,1-3H3,(H,39,47)(H,41,45)(H,42,46)/t25-,31-,32-/m0/s1. The Labute approximate surface area is 291 Å². The third kappa shape index (κ3) is 8.08. The van der Waals surface area contributed by atoms with Gasteiger partial charge in [0, 0.05) is 56.6 Å². The van der Waals surface area contributed by atoms with Gasteiger partial charge < -0.3 is 35.3 Å². The second kappa shape index (κ2) is 15.5. The van der Waals surface area contributed by atoms with Crippen LogP contribution in [0.4, 0.5) is 0 Å². The lowest BCUT2D eigenvalue weighted by molar-refractivity contribution is -0.142. The Morgan fingerprint density at radius 3 is 2.32 bits per heavy atom. The van der Waals surface area contributed by atoms with E-state index in [1.165, 1.54) is 4.90 Å². The number of carbonyl (C=O) groups excluding carboxylic acids is 4. The average molecular weight is 681 g/mol. The fourth-order valence-corrected chi connectivity index (χ4v) is 6.45. The zero-order valence-corrected chi connectivity index (χ0v) is 28.7. The van der Waals surface area contributed by atoms with Crippen LogP contribution in [-0.4, -0.2) is 96.4 Å². The van der Waals surface area contributed by atoms with Crippen molar-refractivity contribution in [1.29, 1.82) is 0 Å². The second-order valence-corrected chi connectivity index (χ2v) is 13.0. The highest BCUT2D eigenvalue weighted by molar-refractivity contribution is 5.95. The molecule has 50 heavy (non-hydrogen) atoms. The van der Waals surface area contributed by atoms with Crippen LogP contribution in [0.1, 0.15) is 29.2 Å². The molecule has 4 amide bonds. The van der Waals surface area contributed by atoms with Crippen molar-refractivity contribution in [3.05, 3.63) is 95.2 Å². The normalized spacial score (nSPS) is 21.2. The van der Waals surface area contributed by atoms with Crippen LogP contribution in [0.25, 0.3) is 10.9 Å². The van der Waals surface area contributed by atoms with Crippen molar-refractivity contribution < 1.29 is 28.7 Å². The molecular weight excluding hydrogens is 636 g/mol. The number of carbonyl (C=O) groups is 4. The van der Waals surface area contributed by atoms with Gasteiger partial charge in [-0.1, -0.05) is 48.5 Å². The lowest BCUT2D eigenvalue weighted by atomic mass is 10.0. The summed E-state index contributed by atoms with van der Waals surface area (Å²) in [5.74, 6) is -0.265. The molecule has 2 aliphatic rings. The quantitative estimate of drug-likeness (QED) is 0.245. The predicted molar refractivity (Wildman–Crippen MR) is 189 cm³/mol. The summed E-state index contributed by atoms with van der Waals surface area (Å²) < 4.78 is 11.6. The van der Waals surface area contributed by atoms with Crippen molar-refractivity contribution in [2.45, 2.75) is 51.4 Å². The topological polar surface area (TPSA) is 145 Å². The Balaban J connectivity index is 1.30. The van der Waals surface area contributed by atoms with Gasteiger partial charge in [-0.05, 0) is 54.3 Å². The predicted octanol–water partition coefficient (Wildman–Crippen LogP) is 2.48. The molecule has 12 heteroatoms. The number of hydrogen-bond acceptors (Lipinski definition) is 7. The molecule has 1 aromatic heterocycles. The third-order valence-electron chi connectivity index (χ3n) is 9.45. The monoisotopic (exact) mass is 680 g/mol. The maximum atomic E-state index is 14.1. The van der Waals surface area contributed by atoms with E-state index in [0.717, 1.165) is 33.2 Å². The van der Waals surface area contributed by atoms with E-state index in [1.807, 2.05) is 84.8 Å². The first-order valence-electron chi connectivity index (χ1n) is 17.0. The highest BCUT2D eigenvalue weighted by atomic mass is 16.6. The molecule has 0 saturated carbocycles. The van der Waals surface area contributed by atoms with Crippen molar-refractivity contribution in [3.63, 3.8) is 0 Å². The van der Waals surface area contributed by atoms with Crippen LogP contribution in [0, 0.1) is 6.92 Å². The van der Waals surface area contributed by atoms with E-state index in [0.29, 0.717) is 37.8 Å². The lowest BCUT2D eigenvalue weighted by Gasteiger charge is -2.30. The van der Waals surface area contributed by atoms with Gasteiger partial charge >= 0.3 is 0 Å². The van der Waals surface area contributed by atoms with Crippen LogP contribution in [0.15, 0.2) is 72.9 Å². The van der Waals surface area contributed by atoms with Gasteiger partial charge in [0.2, 0.25) is 23.6 Å². The zero-order valence-electron chi connectivity index (χ0n) is 28.7. The number of aromatic nitrogens is 1. The Hall–Kier alpha value is -5.36. The van der Waals surface area contributed by atoms with E-state index in [-0.39, 0.29) is 37.7 Å². The summed E-state index contributed by atoms with van der Waals surface area (Å²) in [6.45, 7) is 5.43. The number of para-hydroxylation sites is 1. The van der Waals surface area contributed by atoms with Gasteiger partial charge in [-0.2, -0.15) is 0 Å². The number of fused-ring (bicyclic) bond motifs is 2. The molecule has 0 spiro atoms. The summed E-state index contributed by atoms with van der Waals surface area (Å²) in [7, 11) is 1.54. The van der Waals surface area contributed by atoms with Crippen molar-refractivity contribution in [1.82, 2.24) is 30.7 Å². The molecule has 12 nitrogen and oxygen atoms in total. The minimum absolute atomic E-state index is 0.0364. The number of nitrogens with zero attached hydrogens (tertiary/aromatic N) is 2. The third-order valence-corrected chi connectivity index (χ3v) is 9.45. The van der Waals surface area contributed by atoms with Gasteiger partial charge in [0.15, 0.2) is 11.5 Å². The smallest absolute Gasteiger partial charge is 0.245 e. The molecule has 4 aromatic rings. The van der Waals surface area contributed by atoms with Gasteiger partial charge in [-0.25, -0.2) is 0 Å². The summed E-state index contributed by atoms with van der Waals surface area (Å²) in [6.07, 6.45) is 2.33. The van der Waals surface area contributed by atoms with E-state index in [2.05, 4.69) is 20.9 Å². The fourth-order valence-electron chi connectivity index (χ4n) is 6.45. The van der Waals surface area contributed by atoms with Crippen molar-refractivity contribution in [2.75, 3.05) is 39.9 Å². The Morgan fingerprint density at radius 2 is 1.54 bits per heavy atom. The Morgan fingerprint density at radius 1 is 0.820 bits per heavy atom. The number of aryl methyl sites for hydroxylation is 1. The SMILES string of the molecule is Cc1cc2c(cc1CN1CCNC(=O)[C@H](Cc3ccccc3)NC(=O)[C@H](C)N(C)C(=O)[C@H](Cc3c[nH]c4ccccc34)NC(=O)C1)OCCO2. The molecule has 0 unspecified atom stereocenters. The van der Waals surface area contributed by atoms with Gasteiger partial charge in [0.1, 0.15) is 31.3 Å². The first-order chi connectivity index (χ1) is 24.2. The van der Waals surface area contributed by atoms with Gasteiger partial charge in [0.25, 0.3) is 0 Å². The van der Waals surface area contributed by atoms with Crippen LogP contribution < -0.4 is 25.4 Å². The molecule has 6 rings (SSSR count). The van der Waals surface area contributed by atoms with Gasteiger partial charge in [-0.3, -0.25) is 24.1 Å². The van der Waals surface area contributed by atoms with Crippen LogP contribution in [0.2, 0.25) is 0 Å². The average Bonchev–Trinajstić information content (AvgIpc) is 3.52. The van der Waals surface area contributed by atoms with E-state index in [4.69, 9.17) is 9.47 Å². The molecular formula is C38H44N6O6. The maximum absolute atomic E-state index is 14.1. The molecule has 0 aliphatic carbocycles. The van der Waals surface area contributed by atoms with Crippen molar-refractivity contribution in [2.24, 2.45) is 0 Å². The first-order valence-corrected chi connectivity index (χ1v) is 17.0. The van der Waals surface area contributed by atoms with E-state index in [1.54, 1.807) is 14.0 Å². The molecule has 3 aromatic carbocycles. The maximum Gasteiger partial charge on any atom is 0.245 e. The summed E-state index contributed by atoms with van der Waals surface area (Å²) in [5, 5.41) is 9.80. The van der Waals surface area contributed by atoms with Crippen molar-refractivity contribution >= 4 is 34.5 Å². The second-order valence-electron chi connectivity index (χ2n) is 13.0. The van der Waals surface area contributed by atoms with E-state index in [9.17, 15) is 19.2 Å². The van der Waals surface area contributed by atoms with Gasteiger partial charge in [-0.15, -0.1) is 0 Å². The summed E-state index contributed by atoms with van der Waals surface area (Å²) in [6, 6.07) is 18.3. The molecule has 1 fully saturated rings. The Kier molecular flexibility index (Phi) is 10.7. The minimum atomic E-state index is -0.954. The zero-order chi connectivity index (χ0) is 35.2. The number of nitrogens with one attached hydrogen (secondary N) is 4. The number of ether oxygens (including phenoxy) is 2. The molecule has 0 radical (unpaired) electrons. The minimum Gasteiger partial charge on any atom is -0.486 e. The van der Waals surface area contributed by atoms with Crippen LogP contribution in [0.3, 0.4) is 0 Å². The number of hydrogen-bond donors (Lipinski definition) is 4. The number of aromatic amines is 1. The lowest BCUT2D eigenvalue weighted by Crippen LogP contribution is -2.57. The molecule has 3 heterocycles. The molecule has 262 valence electrons. The van der Waals surface area contributed by atoms with Crippen molar-refractivity contribution in [3.8, 4) is 11.5 Å². The number of benzene rings is 3. The van der Waals surface area contributed by atoms with Gasteiger partial charge in [0.05, 0.1) is 6.54 Å². The first kappa shape index (κ1) is 34.5. The van der Waals surface area contributed by atoms with Crippen LogP contribution in [0.5, 0.6) is 11.5 Å². The summed E-state index contributed by atoms with van der Waals surface area (Å²) in [5.41, 5.74) is 4.59. The summed E-state index contributed by atoms with van der Waals surface area (Å²) in [4.78, 5) is 61.7. The largest absolute Gasteiger partial charge is 0.486 e. The highest BCUT2D eigenvalue weighted by Gasteiger charge is 2.33. The number of likely N-dealkylation sites (N-methyl/N-ethyl adjacent to an activating group) is 1. The summed E-state index contributed by atoms with van der Waals surface area (Å²) >= 11 is 0. The van der Waals surface area contributed by atoms with E-state index >= 15 is 0 Å². The highest BCUT2D eigenvalue weighted by Crippen LogP contribution is 2.33. The number of amides is 4. The van der Waals surface area contributed by atoms with Crippen LogP contribution in [-0.2, 0) is 38.6 Å².